The van der Waals surface area contributed by atoms with Crippen molar-refractivity contribution in [3.05, 3.63) is 29.7 Å². The maximum Gasteiger partial charge on any atom is 0.192 e. The van der Waals surface area contributed by atoms with Gasteiger partial charge in [0.25, 0.3) is 0 Å². The van der Waals surface area contributed by atoms with E-state index in [0.29, 0.717) is 5.89 Å². The highest BCUT2D eigenvalue weighted by atomic mass is 16.3. The minimum absolute atomic E-state index is 0.134. The number of hydrogen-bond acceptors (Lipinski definition) is 4. The first-order valence-electron chi connectivity index (χ1n) is 6.34. The second-order valence-corrected chi connectivity index (χ2v) is 4.58. The van der Waals surface area contributed by atoms with E-state index in [1.807, 2.05) is 32.2 Å². The number of benzene rings is 1. The van der Waals surface area contributed by atoms with Crippen LogP contribution < -0.4 is 5.32 Å². The SMILES string of the molecule is CCC(CO)C(NC)c1ccc2nc(C)oc2c1. The van der Waals surface area contributed by atoms with Gasteiger partial charge in [-0.1, -0.05) is 13.0 Å². The summed E-state index contributed by atoms with van der Waals surface area (Å²) in [7, 11) is 1.92. The number of oxazole rings is 1. The minimum atomic E-state index is 0.134. The Morgan fingerprint density at radius 3 is 2.83 bits per heavy atom. The summed E-state index contributed by atoms with van der Waals surface area (Å²) in [4.78, 5) is 4.29. The van der Waals surface area contributed by atoms with Gasteiger partial charge in [-0.05, 0) is 31.2 Å². The maximum absolute atomic E-state index is 9.43. The van der Waals surface area contributed by atoms with Crippen LogP contribution in [0.25, 0.3) is 11.1 Å². The Labute approximate surface area is 107 Å². The molecule has 0 radical (unpaired) electrons. The Morgan fingerprint density at radius 2 is 2.22 bits per heavy atom. The quantitative estimate of drug-likeness (QED) is 0.853. The van der Waals surface area contributed by atoms with Crippen molar-refractivity contribution in [1.29, 1.82) is 0 Å². The van der Waals surface area contributed by atoms with Crippen molar-refractivity contribution in [1.82, 2.24) is 10.3 Å². The van der Waals surface area contributed by atoms with Crippen molar-refractivity contribution in [2.75, 3.05) is 13.7 Å². The number of aliphatic hydroxyl groups is 1. The topological polar surface area (TPSA) is 58.3 Å². The van der Waals surface area contributed by atoms with Crippen LogP contribution in [0, 0.1) is 12.8 Å². The third-order valence-electron chi connectivity index (χ3n) is 3.42. The van der Waals surface area contributed by atoms with Crippen molar-refractivity contribution in [2.45, 2.75) is 26.3 Å². The monoisotopic (exact) mass is 248 g/mol. The van der Waals surface area contributed by atoms with Crippen molar-refractivity contribution in [3.63, 3.8) is 0 Å². The first kappa shape index (κ1) is 13.1. The number of aromatic nitrogens is 1. The number of aryl methyl sites for hydroxylation is 1. The zero-order chi connectivity index (χ0) is 13.1. The Balaban J connectivity index is 2.38. The third kappa shape index (κ3) is 2.40. The second kappa shape index (κ2) is 5.50. The lowest BCUT2D eigenvalue weighted by Gasteiger charge is -2.24. The van der Waals surface area contributed by atoms with Crippen LogP contribution in [0.4, 0.5) is 0 Å². The van der Waals surface area contributed by atoms with Gasteiger partial charge in [-0.3, -0.25) is 0 Å². The van der Waals surface area contributed by atoms with Gasteiger partial charge >= 0.3 is 0 Å². The molecule has 4 heteroatoms. The summed E-state index contributed by atoms with van der Waals surface area (Å²) >= 11 is 0. The zero-order valence-electron chi connectivity index (χ0n) is 11.1. The van der Waals surface area contributed by atoms with E-state index in [1.54, 1.807) is 0 Å². The van der Waals surface area contributed by atoms with Crippen LogP contribution in [0.3, 0.4) is 0 Å². The van der Waals surface area contributed by atoms with Crippen molar-refractivity contribution < 1.29 is 9.52 Å². The van der Waals surface area contributed by atoms with Crippen LogP contribution in [0.2, 0.25) is 0 Å². The van der Waals surface area contributed by atoms with Gasteiger partial charge in [0.05, 0.1) is 0 Å². The summed E-state index contributed by atoms with van der Waals surface area (Å²) in [6.45, 7) is 4.11. The molecule has 0 aliphatic rings. The molecule has 18 heavy (non-hydrogen) atoms. The van der Waals surface area contributed by atoms with Gasteiger partial charge in [0.2, 0.25) is 0 Å². The minimum Gasteiger partial charge on any atom is -0.441 e. The van der Waals surface area contributed by atoms with Crippen LogP contribution in [-0.2, 0) is 0 Å². The van der Waals surface area contributed by atoms with E-state index in [1.165, 1.54) is 0 Å². The molecule has 1 aromatic carbocycles. The van der Waals surface area contributed by atoms with E-state index >= 15 is 0 Å². The molecule has 0 aliphatic heterocycles. The predicted molar refractivity (Wildman–Crippen MR) is 71.4 cm³/mol. The molecule has 98 valence electrons. The van der Waals surface area contributed by atoms with Gasteiger partial charge in [0.15, 0.2) is 11.5 Å². The van der Waals surface area contributed by atoms with Crippen molar-refractivity contribution >= 4 is 11.1 Å². The molecule has 2 aromatic rings. The molecule has 4 nitrogen and oxygen atoms in total. The van der Waals surface area contributed by atoms with E-state index in [9.17, 15) is 5.11 Å². The molecule has 1 heterocycles. The molecule has 2 N–H and O–H groups in total. The first-order chi connectivity index (χ1) is 8.69. The molecule has 0 bridgehead atoms. The average molecular weight is 248 g/mol. The van der Waals surface area contributed by atoms with E-state index in [-0.39, 0.29) is 18.6 Å². The number of hydrogen-bond donors (Lipinski definition) is 2. The molecule has 0 saturated heterocycles. The van der Waals surface area contributed by atoms with Gasteiger partial charge in [0, 0.05) is 25.5 Å². The van der Waals surface area contributed by atoms with Gasteiger partial charge in [0.1, 0.15) is 5.52 Å². The van der Waals surface area contributed by atoms with Crippen LogP contribution in [-0.4, -0.2) is 23.7 Å². The molecular formula is C14H20N2O2. The summed E-state index contributed by atoms with van der Waals surface area (Å²) in [6, 6.07) is 6.16. The Morgan fingerprint density at radius 1 is 1.44 bits per heavy atom. The molecule has 0 fully saturated rings. The van der Waals surface area contributed by atoms with Gasteiger partial charge < -0.3 is 14.8 Å². The van der Waals surface area contributed by atoms with E-state index in [4.69, 9.17) is 4.42 Å². The molecule has 2 unspecified atom stereocenters. The lowest BCUT2D eigenvalue weighted by Crippen LogP contribution is -2.27. The zero-order valence-corrected chi connectivity index (χ0v) is 11.1. The smallest absolute Gasteiger partial charge is 0.192 e. The summed E-state index contributed by atoms with van der Waals surface area (Å²) in [5.41, 5.74) is 2.81. The van der Waals surface area contributed by atoms with Crippen LogP contribution >= 0.6 is 0 Å². The lowest BCUT2D eigenvalue weighted by atomic mass is 9.91. The van der Waals surface area contributed by atoms with Crippen LogP contribution in [0.5, 0.6) is 0 Å². The van der Waals surface area contributed by atoms with E-state index in [2.05, 4.69) is 17.2 Å². The first-order valence-corrected chi connectivity index (χ1v) is 6.34. The lowest BCUT2D eigenvalue weighted by molar-refractivity contribution is 0.189. The number of aliphatic hydroxyl groups excluding tert-OH is 1. The Bertz CT molecular complexity index is 517. The second-order valence-electron chi connectivity index (χ2n) is 4.58. The highest BCUT2D eigenvalue weighted by Gasteiger charge is 2.20. The number of nitrogens with zero attached hydrogens (tertiary/aromatic N) is 1. The summed E-state index contributed by atoms with van der Waals surface area (Å²) < 4.78 is 5.55. The van der Waals surface area contributed by atoms with Crippen molar-refractivity contribution in [2.24, 2.45) is 5.92 Å². The predicted octanol–water partition coefficient (Wildman–Crippen LogP) is 2.42. The largest absolute Gasteiger partial charge is 0.441 e. The number of fused-ring (bicyclic) bond motifs is 1. The third-order valence-corrected chi connectivity index (χ3v) is 3.42. The van der Waals surface area contributed by atoms with E-state index in [0.717, 1.165) is 23.1 Å². The van der Waals surface area contributed by atoms with Gasteiger partial charge in [-0.25, -0.2) is 4.98 Å². The number of rotatable bonds is 5. The Hall–Kier alpha value is -1.39. The standard InChI is InChI=1S/C14H20N2O2/c1-4-10(8-17)14(15-3)11-5-6-12-13(7-11)18-9(2)16-12/h5-7,10,14-15,17H,4,8H2,1-3H3. The fraction of sp³-hybridized carbons (Fsp3) is 0.500. The molecule has 0 amide bonds. The fourth-order valence-corrected chi connectivity index (χ4v) is 2.39. The molecule has 0 spiro atoms. The number of nitrogens with one attached hydrogen (secondary N) is 1. The molecular weight excluding hydrogens is 228 g/mol. The molecule has 1 aromatic heterocycles. The highest BCUT2D eigenvalue weighted by Crippen LogP contribution is 2.27. The van der Waals surface area contributed by atoms with E-state index < -0.39 is 0 Å². The summed E-state index contributed by atoms with van der Waals surface area (Å²) in [5.74, 6) is 0.883. The highest BCUT2D eigenvalue weighted by molar-refractivity contribution is 5.73. The maximum atomic E-state index is 9.43. The van der Waals surface area contributed by atoms with Crippen LogP contribution in [0.15, 0.2) is 22.6 Å². The average Bonchev–Trinajstić information content (AvgIpc) is 2.74. The summed E-state index contributed by atoms with van der Waals surface area (Å²) in [6.07, 6.45) is 0.926. The molecule has 2 atom stereocenters. The summed E-state index contributed by atoms with van der Waals surface area (Å²) in [5, 5.41) is 12.7. The van der Waals surface area contributed by atoms with Crippen LogP contribution in [0.1, 0.15) is 30.8 Å². The van der Waals surface area contributed by atoms with Gasteiger partial charge in [-0.15, -0.1) is 0 Å². The molecule has 0 saturated carbocycles. The normalized spacial score (nSPS) is 14.9. The van der Waals surface area contributed by atoms with Crippen molar-refractivity contribution in [3.8, 4) is 0 Å². The Kier molecular flexibility index (Phi) is 3.99. The van der Waals surface area contributed by atoms with Gasteiger partial charge in [-0.2, -0.15) is 0 Å². The molecule has 2 rings (SSSR count). The molecule has 0 aliphatic carbocycles. The fourth-order valence-electron chi connectivity index (χ4n) is 2.39.